The van der Waals surface area contributed by atoms with Crippen molar-refractivity contribution in [1.29, 1.82) is 5.26 Å². The van der Waals surface area contributed by atoms with Gasteiger partial charge in [0.1, 0.15) is 12.2 Å². The molecule has 6 heteroatoms. The van der Waals surface area contributed by atoms with Gasteiger partial charge in [-0.2, -0.15) is 5.26 Å². The second-order valence-corrected chi connectivity index (χ2v) is 5.58. The predicted octanol–water partition coefficient (Wildman–Crippen LogP) is 3.01. The topological polar surface area (TPSA) is 91.2 Å². The molecule has 0 aliphatic carbocycles. The number of rotatable bonds is 9. The van der Waals surface area contributed by atoms with Gasteiger partial charge in [-0.05, 0) is 30.2 Å². The van der Waals surface area contributed by atoms with Crippen LogP contribution in [-0.2, 0) is 16.1 Å². The van der Waals surface area contributed by atoms with Crippen molar-refractivity contribution in [2.45, 2.75) is 25.8 Å². The molecule has 0 bridgehead atoms. The Morgan fingerprint density at radius 2 is 1.73 bits per heavy atom. The molecule has 0 aliphatic heterocycles. The maximum Gasteiger partial charge on any atom is 0.238 e. The maximum atomic E-state index is 12.0. The van der Waals surface area contributed by atoms with Crippen molar-refractivity contribution in [3.05, 3.63) is 60.2 Å². The zero-order valence-corrected chi connectivity index (χ0v) is 14.4. The lowest BCUT2D eigenvalue weighted by Gasteiger charge is -2.11. The largest absolute Gasteiger partial charge is 0.494 e. The molecule has 0 unspecified atom stereocenters. The molecule has 2 amide bonds. The van der Waals surface area contributed by atoms with E-state index in [9.17, 15) is 9.59 Å². The highest BCUT2D eigenvalue weighted by Crippen LogP contribution is 2.15. The van der Waals surface area contributed by atoms with Crippen molar-refractivity contribution in [3.63, 3.8) is 0 Å². The number of benzene rings is 2. The number of nitrogens with one attached hydrogen (secondary N) is 2. The Hall–Kier alpha value is -3.33. The Morgan fingerprint density at radius 1 is 1.00 bits per heavy atom. The molecule has 0 heterocycles. The van der Waals surface area contributed by atoms with Crippen LogP contribution in [-0.4, -0.2) is 18.4 Å². The lowest BCUT2D eigenvalue weighted by atomic mass is 10.1. The monoisotopic (exact) mass is 351 g/mol. The molecule has 0 atom stereocenters. The molecule has 26 heavy (non-hydrogen) atoms. The summed E-state index contributed by atoms with van der Waals surface area (Å²) in [5.74, 6) is 0.332. The van der Waals surface area contributed by atoms with Gasteiger partial charge in [-0.1, -0.05) is 36.4 Å². The Morgan fingerprint density at radius 3 is 2.50 bits per heavy atom. The number of hydrogen-bond donors (Lipinski definition) is 2. The number of para-hydroxylation sites is 2. The van der Waals surface area contributed by atoms with Crippen LogP contribution in [0.3, 0.4) is 0 Å². The highest BCUT2D eigenvalue weighted by atomic mass is 16.5. The standard InChI is InChI=1S/C20H21N3O3/c21-13-12-20(25)23-18-10-5-4-7-16(18)15-22-19(24)11-6-14-26-17-8-2-1-3-9-17/h1-5,7-10H,6,11-12,14-15H2,(H,22,24)(H,23,25). The minimum Gasteiger partial charge on any atom is -0.494 e. The quantitative estimate of drug-likeness (QED) is 0.679. The van der Waals surface area contributed by atoms with Crippen LogP contribution in [0.15, 0.2) is 54.6 Å². The van der Waals surface area contributed by atoms with Crippen LogP contribution < -0.4 is 15.4 Å². The summed E-state index contributed by atoms with van der Waals surface area (Å²) in [7, 11) is 0. The SMILES string of the molecule is N#CCC(=O)Nc1ccccc1CNC(=O)CCCOc1ccccc1. The first-order chi connectivity index (χ1) is 12.7. The molecule has 0 radical (unpaired) electrons. The smallest absolute Gasteiger partial charge is 0.238 e. The van der Waals surface area contributed by atoms with E-state index in [1.165, 1.54) is 0 Å². The van der Waals surface area contributed by atoms with Gasteiger partial charge in [0.25, 0.3) is 0 Å². The van der Waals surface area contributed by atoms with E-state index >= 15 is 0 Å². The summed E-state index contributed by atoms with van der Waals surface area (Å²) in [5, 5.41) is 14.1. The summed E-state index contributed by atoms with van der Waals surface area (Å²) < 4.78 is 5.55. The van der Waals surface area contributed by atoms with Crippen molar-refractivity contribution in [2.24, 2.45) is 0 Å². The van der Waals surface area contributed by atoms with Gasteiger partial charge in [0.15, 0.2) is 0 Å². The van der Waals surface area contributed by atoms with Crippen molar-refractivity contribution >= 4 is 17.5 Å². The van der Waals surface area contributed by atoms with Crippen LogP contribution in [0.1, 0.15) is 24.8 Å². The molecule has 0 aliphatic rings. The highest BCUT2D eigenvalue weighted by molar-refractivity contribution is 5.92. The molecule has 2 aromatic carbocycles. The van der Waals surface area contributed by atoms with E-state index in [2.05, 4.69) is 10.6 Å². The lowest BCUT2D eigenvalue weighted by molar-refractivity contribution is -0.121. The number of amides is 2. The Labute approximate surface area is 152 Å². The van der Waals surface area contributed by atoms with Gasteiger partial charge in [-0.15, -0.1) is 0 Å². The van der Waals surface area contributed by atoms with Crippen molar-refractivity contribution < 1.29 is 14.3 Å². The molecule has 6 nitrogen and oxygen atoms in total. The van der Waals surface area contributed by atoms with Gasteiger partial charge < -0.3 is 15.4 Å². The molecule has 0 saturated heterocycles. The molecular formula is C20H21N3O3. The predicted molar refractivity (Wildman–Crippen MR) is 98.3 cm³/mol. The summed E-state index contributed by atoms with van der Waals surface area (Å²) in [5.41, 5.74) is 1.38. The average Bonchev–Trinajstić information content (AvgIpc) is 2.65. The number of carbonyl (C=O) groups excluding carboxylic acids is 2. The maximum absolute atomic E-state index is 12.0. The molecule has 0 spiro atoms. The Bertz CT molecular complexity index is 769. The first-order valence-corrected chi connectivity index (χ1v) is 8.38. The second-order valence-electron chi connectivity index (χ2n) is 5.58. The molecule has 0 saturated carbocycles. The van der Waals surface area contributed by atoms with Crippen molar-refractivity contribution in [2.75, 3.05) is 11.9 Å². The van der Waals surface area contributed by atoms with E-state index in [1.807, 2.05) is 42.5 Å². The van der Waals surface area contributed by atoms with E-state index in [4.69, 9.17) is 10.00 Å². The molecule has 2 N–H and O–H groups in total. The zero-order chi connectivity index (χ0) is 18.6. The summed E-state index contributed by atoms with van der Waals surface area (Å²) in [6.07, 6.45) is 0.763. The van der Waals surface area contributed by atoms with E-state index in [1.54, 1.807) is 18.2 Å². The van der Waals surface area contributed by atoms with Crippen LogP contribution in [0.2, 0.25) is 0 Å². The third kappa shape index (κ3) is 6.65. The molecule has 2 aromatic rings. The van der Waals surface area contributed by atoms with E-state index in [-0.39, 0.29) is 18.2 Å². The van der Waals surface area contributed by atoms with Gasteiger partial charge in [-0.3, -0.25) is 9.59 Å². The van der Waals surface area contributed by atoms with E-state index in [0.29, 0.717) is 31.7 Å². The van der Waals surface area contributed by atoms with Gasteiger partial charge in [0.05, 0.1) is 12.7 Å². The number of hydrogen-bond acceptors (Lipinski definition) is 4. The Balaban J connectivity index is 1.73. The van der Waals surface area contributed by atoms with Crippen molar-refractivity contribution in [3.8, 4) is 11.8 Å². The third-order valence-corrected chi connectivity index (χ3v) is 3.57. The molecular weight excluding hydrogens is 330 g/mol. The van der Waals surface area contributed by atoms with E-state index in [0.717, 1.165) is 11.3 Å². The van der Waals surface area contributed by atoms with Crippen LogP contribution in [0.25, 0.3) is 0 Å². The van der Waals surface area contributed by atoms with Crippen LogP contribution in [0, 0.1) is 11.3 Å². The van der Waals surface area contributed by atoms with E-state index < -0.39 is 0 Å². The molecule has 134 valence electrons. The normalized spacial score (nSPS) is 9.81. The van der Waals surface area contributed by atoms with Crippen LogP contribution >= 0.6 is 0 Å². The Kier molecular flexibility index (Phi) is 7.69. The minimum atomic E-state index is -0.371. The molecule has 2 rings (SSSR count). The number of nitrogens with zero attached hydrogens (tertiary/aromatic N) is 1. The minimum absolute atomic E-state index is 0.0835. The van der Waals surface area contributed by atoms with Crippen molar-refractivity contribution in [1.82, 2.24) is 5.32 Å². The highest BCUT2D eigenvalue weighted by Gasteiger charge is 2.08. The summed E-state index contributed by atoms with van der Waals surface area (Å²) >= 11 is 0. The van der Waals surface area contributed by atoms with Gasteiger partial charge >= 0.3 is 0 Å². The van der Waals surface area contributed by atoms with Gasteiger partial charge in [-0.25, -0.2) is 0 Å². The zero-order valence-electron chi connectivity index (χ0n) is 14.4. The summed E-state index contributed by atoms with van der Waals surface area (Å²) in [6, 6.07) is 18.4. The van der Waals surface area contributed by atoms with Crippen LogP contribution in [0.5, 0.6) is 5.75 Å². The molecule has 0 fully saturated rings. The second kappa shape index (κ2) is 10.5. The first kappa shape index (κ1) is 19.0. The number of anilines is 1. The fraction of sp³-hybridized carbons (Fsp3) is 0.250. The fourth-order valence-corrected chi connectivity index (χ4v) is 2.28. The molecule has 0 aromatic heterocycles. The van der Waals surface area contributed by atoms with Gasteiger partial charge in [0.2, 0.25) is 11.8 Å². The summed E-state index contributed by atoms with van der Waals surface area (Å²) in [6.45, 7) is 0.777. The number of nitriles is 1. The first-order valence-electron chi connectivity index (χ1n) is 8.38. The summed E-state index contributed by atoms with van der Waals surface area (Å²) in [4.78, 5) is 23.5. The van der Waals surface area contributed by atoms with Gasteiger partial charge in [0, 0.05) is 18.7 Å². The average molecular weight is 351 g/mol. The van der Waals surface area contributed by atoms with Crippen LogP contribution in [0.4, 0.5) is 5.69 Å². The number of carbonyl (C=O) groups is 2. The lowest BCUT2D eigenvalue weighted by Crippen LogP contribution is -2.24. The number of ether oxygens (including phenoxy) is 1. The third-order valence-electron chi connectivity index (χ3n) is 3.57. The fourth-order valence-electron chi connectivity index (χ4n) is 2.28.